The summed E-state index contributed by atoms with van der Waals surface area (Å²) in [7, 11) is 4.50. The molecule has 0 saturated carbocycles. The molecule has 0 bridgehead atoms. The number of nitrogens with zero attached hydrogens (tertiary/aromatic N) is 1. The van der Waals surface area contributed by atoms with E-state index in [1.807, 2.05) is 6.07 Å². The second-order valence-corrected chi connectivity index (χ2v) is 3.75. The van der Waals surface area contributed by atoms with Crippen LogP contribution in [0.15, 0.2) is 22.7 Å². The topological polar surface area (TPSA) is 38.8 Å². The van der Waals surface area contributed by atoms with Crippen molar-refractivity contribution in [2.24, 2.45) is 0 Å². The van der Waals surface area contributed by atoms with Gasteiger partial charge in [-0.3, -0.25) is 9.63 Å². The second kappa shape index (κ2) is 5.14. The molecule has 15 heavy (non-hydrogen) atoms. The van der Waals surface area contributed by atoms with E-state index in [1.54, 1.807) is 19.2 Å². The minimum atomic E-state index is -0.254. The van der Waals surface area contributed by atoms with Crippen LogP contribution in [0.5, 0.6) is 5.75 Å². The third-order valence-corrected chi connectivity index (χ3v) is 2.45. The molecule has 0 spiro atoms. The average molecular weight is 274 g/mol. The van der Waals surface area contributed by atoms with Crippen molar-refractivity contribution in [1.82, 2.24) is 5.06 Å². The number of hydroxylamine groups is 2. The fraction of sp³-hybridized carbons (Fsp3) is 0.300. The Hall–Kier alpha value is -1.07. The van der Waals surface area contributed by atoms with Gasteiger partial charge in [0, 0.05) is 11.5 Å². The van der Waals surface area contributed by atoms with Crippen LogP contribution in [0.3, 0.4) is 0 Å². The Balaban J connectivity index is 3.11. The van der Waals surface area contributed by atoms with Crippen LogP contribution in [0.2, 0.25) is 0 Å². The van der Waals surface area contributed by atoms with Gasteiger partial charge in [-0.2, -0.15) is 0 Å². The number of ether oxygens (including phenoxy) is 1. The molecule has 0 aromatic heterocycles. The van der Waals surface area contributed by atoms with Gasteiger partial charge in [-0.1, -0.05) is 15.9 Å². The van der Waals surface area contributed by atoms with E-state index < -0.39 is 0 Å². The Morgan fingerprint density at radius 3 is 2.60 bits per heavy atom. The van der Waals surface area contributed by atoms with Crippen molar-refractivity contribution < 1.29 is 14.4 Å². The first kappa shape index (κ1) is 12.0. The standard InChI is InChI=1S/C10H12BrNO3/c1-12(15-3)10(13)8-6-7(11)4-5-9(8)14-2/h4-6H,1-3H3. The van der Waals surface area contributed by atoms with Gasteiger partial charge in [0.05, 0.1) is 19.8 Å². The summed E-state index contributed by atoms with van der Waals surface area (Å²) in [5, 5.41) is 1.14. The summed E-state index contributed by atoms with van der Waals surface area (Å²) in [6.07, 6.45) is 0. The molecule has 1 aromatic carbocycles. The van der Waals surface area contributed by atoms with Gasteiger partial charge in [0.25, 0.3) is 5.91 Å². The molecule has 0 N–H and O–H groups in total. The maximum Gasteiger partial charge on any atom is 0.280 e. The number of rotatable bonds is 3. The van der Waals surface area contributed by atoms with Gasteiger partial charge in [0.1, 0.15) is 5.75 Å². The fourth-order valence-corrected chi connectivity index (χ4v) is 1.46. The first-order valence-corrected chi connectivity index (χ1v) is 5.05. The molecule has 0 radical (unpaired) electrons. The average Bonchev–Trinajstić information content (AvgIpc) is 2.27. The van der Waals surface area contributed by atoms with E-state index in [9.17, 15) is 4.79 Å². The highest BCUT2D eigenvalue weighted by atomic mass is 79.9. The highest BCUT2D eigenvalue weighted by Crippen LogP contribution is 2.23. The Morgan fingerprint density at radius 2 is 2.07 bits per heavy atom. The second-order valence-electron chi connectivity index (χ2n) is 2.83. The maximum atomic E-state index is 11.8. The molecular formula is C10H12BrNO3. The summed E-state index contributed by atoms with van der Waals surface area (Å²) in [5.74, 6) is 0.266. The Labute approximate surface area is 96.9 Å². The molecule has 82 valence electrons. The molecular weight excluding hydrogens is 262 g/mol. The molecule has 1 amide bonds. The van der Waals surface area contributed by atoms with Crippen molar-refractivity contribution in [2.75, 3.05) is 21.3 Å². The highest BCUT2D eigenvalue weighted by Gasteiger charge is 2.16. The molecule has 0 unspecified atom stereocenters. The third-order valence-electron chi connectivity index (χ3n) is 1.95. The van der Waals surface area contributed by atoms with Gasteiger partial charge in [0.2, 0.25) is 0 Å². The molecule has 1 aromatic rings. The lowest BCUT2D eigenvalue weighted by Crippen LogP contribution is -2.25. The number of methoxy groups -OCH3 is 1. The van der Waals surface area contributed by atoms with E-state index in [2.05, 4.69) is 15.9 Å². The van der Waals surface area contributed by atoms with Gasteiger partial charge < -0.3 is 4.74 Å². The normalized spacial score (nSPS) is 9.87. The Kier molecular flexibility index (Phi) is 4.11. The van der Waals surface area contributed by atoms with Crippen molar-refractivity contribution in [2.45, 2.75) is 0 Å². The lowest BCUT2D eigenvalue weighted by atomic mass is 10.2. The van der Waals surface area contributed by atoms with Crippen LogP contribution in [-0.4, -0.2) is 32.2 Å². The molecule has 0 fully saturated rings. The van der Waals surface area contributed by atoms with Crippen molar-refractivity contribution >= 4 is 21.8 Å². The highest BCUT2D eigenvalue weighted by molar-refractivity contribution is 9.10. The summed E-state index contributed by atoms with van der Waals surface area (Å²) in [4.78, 5) is 16.6. The molecule has 0 atom stereocenters. The maximum absolute atomic E-state index is 11.8. The number of hydrogen-bond acceptors (Lipinski definition) is 3. The van der Waals surface area contributed by atoms with E-state index in [0.717, 1.165) is 9.54 Å². The summed E-state index contributed by atoms with van der Waals surface area (Å²) < 4.78 is 5.91. The molecule has 0 heterocycles. The monoisotopic (exact) mass is 273 g/mol. The van der Waals surface area contributed by atoms with Crippen LogP contribution >= 0.6 is 15.9 Å². The van der Waals surface area contributed by atoms with Gasteiger partial charge in [0.15, 0.2) is 0 Å². The summed E-state index contributed by atoms with van der Waals surface area (Å²) in [5.41, 5.74) is 0.455. The van der Waals surface area contributed by atoms with Gasteiger partial charge in [-0.15, -0.1) is 0 Å². The molecule has 4 nitrogen and oxygen atoms in total. The Morgan fingerprint density at radius 1 is 1.40 bits per heavy atom. The van der Waals surface area contributed by atoms with E-state index in [-0.39, 0.29) is 5.91 Å². The lowest BCUT2D eigenvalue weighted by Gasteiger charge is -2.15. The number of amides is 1. The van der Waals surface area contributed by atoms with Crippen LogP contribution in [0, 0.1) is 0 Å². The zero-order chi connectivity index (χ0) is 11.4. The number of benzene rings is 1. The van der Waals surface area contributed by atoms with E-state index in [0.29, 0.717) is 11.3 Å². The smallest absolute Gasteiger partial charge is 0.280 e. The van der Waals surface area contributed by atoms with Crippen molar-refractivity contribution in [1.29, 1.82) is 0 Å². The molecule has 1 rings (SSSR count). The molecule has 0 aliphatic heterocycles. The van der Waals surface area contributed by atoms with Crippen LogP contribution in [0.4, 0.5) is 0 Å². The van der Waals surface area contributed by atoms with E-state index in [4.69, 9.17) is 9.57 Å². The van der Waals surface area contributed by atoms with E-state index in [1.165, 1.54) is 14.2 Å². The third kappa shape index (κ3) is 2.70. The summed E-state index contributed by atoms with van der Waals surface area (Å²) >= 11 is 3.30. The zero-order valence-electron chi connectivity index (χ0n) is 8.78. The minimum Gasteiger partial charge on any atom is -0.496 e. The number of halogens is 1. The number of carbonyl (C=O) groups is 1. The predicted octanol–water partition coefficient (Wildman–Crippen LogP) is 2.09. The number of carbonyl (C=O) groups excluding carboxylic acids is 1. The van der Waals surface area contributed by atoms with Crippen molar-refractivity contribution in [3.05, 3.63) is 28.2 Å². The molecule has 0 aliphatic rings. The first-order chi connectivity index (χ1) is 7.10. The minimum absolute atomic E-state index is 0.254. The molecule has 5 heteroatoms. The van der Waals surface area contributed by atoms with Crippen molar-refractivity contribution in [3.8, 4) is 5.75 Å². The van der Waals surface area contributed by atoms with Gasteiger partial charge in [-0.05, 0) is 18.2 Å². The zero-order valence-corrected chi connectivity index (χ0v) is 10.4. The lowest BCUT2D eigenvalue weighted by molar-refractivity contribution is -0.0758. The SMILES string of the molecule is COc1ccc(Br)cc1C(=O)N(C)OC. The largest absolute Gasteiger partial charge is 0.496 e. The van der Waals surface area contributed by atoms with Crippen molar-refractivity contribution in [3.63, 3.8) is 0 Å². The Bertz CT molecular complexity index is 368. The van der Waals surface area contributed by atoms with Crippen LogP contribution in [0.1, 0.15) is 10.4 Å². The van der Waals surface area contributed by atoms with Crippen LogP contribution in [-0.2, 0) is 4.84 Å². The van der Waals surface area contributed by atoms with E-state index >= 15 is 0 Å². The summed E-state index contributed by atoms with van der Waals surface area (Å²) in [6.45, 7) is 0. The van der Waals surface area contributed by atoms with Crippen LogP contribution in [0.25, 0.3) is 0 Å². The van der Waals surface area contributed by atoms with Gasteiger partial charge >= 0.3 is 0 Å². The quantitative estimate of drug-likeness (QED) is 0.792. The molecule has 0 aliphatic carbocycles. The first-order valence-electron chi connectivity index (χ1n) is 4.26. The fourth-order valence-electron chi connectivity index (χ4n) is 1.10. The van der Waals surface area contributed by atoms with Gasteiger partial charge in [-0.25, -0.2) is 5.06 Å². The summed E-state index contributed by atoms with van der Waals surface area (Å²) in [6, 6.07) is 5.22. The number of hydrogen-bond donors (Lipinski definition) is 0. The van der Waals surface area contributed by atoms with Crippen LogP contribution < -0.4 is 4.74 Å². The molecule has 0 saturated heterocycles. The predicted molar refractivity (Wildman–Crippen MR) is 59.8 cm³/mol.